The number of methoxy groups -OCH3 is 1. The van der Waals surface area contributed by atoms with Crippen molar-refractivity contribution in [3.63, 3.8) is 0 Å². The molecule has 2 aromatic rings. The fraction of sp³-hybridized carbons (Fsp3) is 0.333. The van der Waals surface area contributed by atoms with Gasteiger partial charge in [-0.15, -0.1) is 0 Å². The zero-order valence-electron chi connectivity index (χ0n) is 12.4. The number of halogens is 1. The van der Waals surface area contributed by atoms with Gasteiger partial charge in [0.15, 0.2) is 0 Å². The molecule has 5 nitrogen and oxygen atoms in total. The smallest absolute Gasteiger partial charge is 0.253 e. The van der Waals surface area contributed by atoms with Crippen LogP contribution in [-0.2, 0) is 0 Å². The SMILES string of the molecule is COc1ccc(Br)c(C(=O)NC(C)c2c(C)noc2C)c1. The number of carbonyl (C=O) groups excluding carboxylic acids is 1. The van der Waals surface area contributed by atoms with Gasteiger partial charge in [-0.25, -0.2) is 0 Å². The molecule has 0 saturated carbocycles. The maximum Gasteiger partial charge on any atom is 0.253 e. The molecule has 6 heteroatoms. The quantitative estimate of drug-likeness (QED) is 0.913. The Morgan fingerprint density at radius 3 is 2.71 bits per heavy atom. The van der Waals surface area contributed by atoms with Gasteiger partial charge in [-0.05, 0) is 54.9 Å². The molecule has 0 aliphatic heterocycles. The van der Waals surface area contributed by atoms with Crippen molar-refractivity contribution in [2.45, 2.75) is 26.8 Å². The molecule has 1 unspecified atom stereocenters. The highest BCUT2D eigenvalue weighted by Crippen LogP contribution is 2.25. The van der Waals surface area contributed by atoms with Gasteiger partial charge in [0.05, 0.1) is 24.4 Å². The van der Waals surface area contributed by atoms with Gasteiger partial charge in [0, 0.05) is 10.0 Å². The Morgan fingerprint density at radius 1 is 1.43 bits per heavy atom. The number of aromatic nitrogens is 1. The molecule has 1 aromatic heterocycles. The normalized spacial score (nSPS) is 12.0. The molecule has 0 bridgehead atoms. The zero-order chi connectivity index (χ0) is 15.6. The van der Waals surface area contributed by atoms with Crippen LogP contribution in [0.15, 0.2) is 27.2 Å². The largest absolute Gasteiger partial charge is 0.497 e. The van der Waals surface area contributed by atoms with Crippen LogP contribution in [0.4, 0.5) is 0 Å². The lowest BCUT2D eigenvalue weighted by molar-refractivity contribution is 0.0938. The first-order chi connectivity index (χ1) is 9.93. The lowest BCUT2D eigenvalue weighted by Crippen LogP contribution is -2.27. The van der Waals surface area contributed by atoms with Crippen LogP contribution in [0.2, 0.25) is 0 Å². The van der Waals surface area contributed by atoms with Gasteiger partial charge in [0.2, 0.25) is 0 Å². The summed E-state index contributed by atoms with van der Waals surface area (Å²) < 4.78 is 11.0. The minimum Gasteiger partial charge on any atom is -0.497 e. The Hall–Kier alpha value is -1.82. The Kier molecular flexibility index (Phi) is 4.67. The van der Waals surface area contributed by atoms with Crippen molar-refractivity contribution in [3.05, 3.63) is 45.3 Å². The van der Waals surface area contributed by atoms with Crippen LogP contribution in [0, 0.1) is 13.8 Å². The minimum atomic E-state index is -0.193. The summed E-state index contributed by atoms with van der Waals surface area (Å²) >= 11 is 3.38. The van der Waals surface area contributed by atoms with E-state index in [9.17, 15) is 4.79 Å². The second-order valence-electron chi connectivity index (χ2n) is 4.78. The first kappa shape index (κ1) is 15.6. The van der Waals surface area contributed by atoms with E-state index in [1.165, 1.54) is 0 Å². The third-order valence-corrected chi connectivity index (χ3v) is 3.98. The van der Waals surface area contributed by atoms with E-state index in [0.29, 0.717) is 21.5 Å². The molecule has 0 aliphatic rings. The summed E-state index contributed by atoms with van der Waals surface area (Å²) in [6, 6.07) is 5.08. The first-order valence-corrected chi connectivity index (χ1v) is 7.30. The number of hydrogen-bond acceptors (Lipinski definition) is 4. The third kappa shape index (κ3) is 3.26. The number of hydrogen-bond donors (Lipinski definition) is 1. The predicted octanol–water partition coefficient (Wildman–Crippen LogP) is 3.55. The molecule has 1 N–H and O–H groups in total. The fourth-order valence-electron chi connectivity index (χ4n) is 2.26. The van der Waals surface area contributed by atoms with Gasteiger partial charge in [0.1, 0.15) is 11.5 Å². The molecular formula is C15H17BrN2O3. The molecule has 1 heterocycles. The van der Waals surface area contributed by atoms with Crippen molar-refractivity contribution in [2.75, 3.05) is 7.11 Å². The zero-order valence-corrected chi connectivity index (χ0v) is 13.9. The molecule has 0 spiro atoms. The van der Waals surface area contributed by atoms with Gasteiger partial charge in [0.25, 0.3) is 5.91 Å². The summed E-state index contributed by atoms with van der Waals surface area (Å²) in [4.78, 5) is 12.4. The number of amides is 1. The van der Waals surface area contributed by atoms with Crippen molar-refractivity contribution in [1.29, 1.82) is 0 Å². The van der Waals surface area contributed by atoms with E-state index in [1.54, 1.807) is 25.3 Å². The van der Waals surface area contributed by atoms with Crippen LogP contribution in [0.1, 0.15) is 40.3 Å². The molecule has 1 aromatic carbocycles. The number of nitrogens with zero attached hydrogens (tertiary/aromatic N) is 1. The number of rotatable bonds is 4. The summed E-state index contributed by atoms with van der Waals surface area (Å²) in [6.45, 7) is 5.59. The van der Waals surface area contributed by atoms with Crippen LogP contribution in [-0.4, -0.2) is 18.2 Å². The van der Waals surface area contributed by atoms with Crippen LogP contribution in [0.5, 0.6) is 5.75 Å². The monoisotopic (exact) mass is 352 g/mol. The van der Waals surface area contributed by atoms with Gasteiger partial charge in [-0.2, -0.15) is 0 Å². The predicted molar refractivity (Wildman–Crippen MR) is 82.6 cm³/mol. The summed E-state index contributed by atoms with van der Waals surface area (Å²) in [5.41, 5.74) is 2.21. The molecular weight excluding hydrogens is 336 g/mol. The van der Waals surface area contributed by atoms with E-state index < -0.39 is 0 Å². The highest BCUT2D eigenvalue weighted by atomic mass is 79.9. The lowest BCUT2D eigenvalue weighted by atomic mass is 10.1. The number of benzene rings is 1. The van der Waals surface area contributed by atoms with Gasteiger partial charge in [-0.1, -0.05) is 5.16 Å². The maximum absolute atomic E-state index is 12.4. The van der Waals surface area contributed by atoms with Gasteiger partial charge >= 0.3 is 0 Å². The molecule has 1 amide bonds. The molecule has 1 atom stereocenters. The molecule has 0 saturated heterocycles. The molecule has 21 heavy (non-hydrogen) atoms. The van der Waals surface area contributed by atoms with E-state index in [1.807, 2.05) is 20.8 Å². The number of nitrogens with one attached hydrogen (secondary N) is 1. The summed E-state index contributed by atoms with van der Waals surface area (Å²) in [6.07, 6.45) is 0. The van der Waals surface area contributed by atoms with E-state index >= 15 is 0 Å². The van der Waals surface area contributed by atoms with E-state index in [-0.39, 0.29) is 11.9 Å². The van der Waals surface area contributed by atoms with Gasteiger partial charge in [-0.3, -0.25) is 4.79 Å². The molecule has 0 fully saturated rings. The topological polar surface area (TPSA) is 64.4 Å². The van der Waals surface area contributed by atoms with Gasteiger partial charge < -0.3 is 14.6 Å². The van der Waals surface area contributed by atoms with E-state index in [2.05, 4.69) is 26.4 Å². The Balaban J connectivity index is 2.22. The van der Waals surface area contributed by atoms with Crippen molar-refractivity contribution < 1.29 is 14.1 Å². The van der Waals surface area contributed by atoms with E-state index in [0.717, 1.165) is 11.3 Å². The maximum atomic E-state index is 12.4. The first-order valence-electron chi connectivity index (χ1n) is 6.51. The highest BCUT2D eigenvalue weighted by Gasteiger charge is 2.20. The van der Waals surface area contributed by atoms with Crippen LogP contribution in [0.25, 0.3) is 0 Å². The fourth-order valence-corrected chi connectivity index (χ4v) is 2.69. The molecule has 2 rings (SSSR count). The molecule has 0 aliphatic carbocycles. The summed E-state index contributed by atoms with van der Waals surface area (Å²) in [7, 11) is 1.57. The lowest BCUT2D eigenvalue weighted by Gasteiger charge is -2.15. The van der Waals surface area contributed by atoms with Crippen molar-refractivity contribution in [1.82, 2.24) is 10.5 Å². The van der Waals surface area contributed by atoms with Crippen molar-refractivity contribution in [2.24, 2.45) is 0 Å². The average Bonchev–Trinajstić information content (AvgIpc) is 2.78. The summed E-state index contributed by atoms with van der Waals surface area (Å²) in [5, 5.41) is 6.85. The molecule has 0 radical (unpaired) electrons. The summed E-state index contributed by atoms with van der Waals surface area (Å²) in [5.74, 6) is 1.16. The Morgan fingerprint density at radius 2 is 2.14 bits per heavy atom. The highest BCUT2D eigenvalue weighted by molar-refractivity contribution is 9.10. The standard InChI is InChI=1S/C15H17BrN2O3/c1-8(14-9(2)18-21-10(14)3)17-15(19)12-7-11(20-4)5-6-13(12)16/h5-8H,1-4H3,(H,17,19). The number of aryl methyl sites for hydroxylation is 2. The number of ether oxygens (including phenoxy) is 1. The van der Waals surface area contributed by atoms with Crippen LogP contribution < -0.4 is 10.1 Å². The van der Waals surface area contributed by atoms with Crippen LogP contribution >= 0.6 is 15.9 Å². The molecule has 112 valence electrons. The third-order valence-electron chi connectivity index (χ3n) is 3.29. The second-order valence-corrected chi connectivity index (χ2v) is 5.63. The minimum absolute atomic E-state index is 0.187. The van der Waals surface area contributed by atoms with Crippen LogP contribution in [0.3, 0.4) is 0 Å². The van der Waals surface area contributed by atoms with Crippen molar-refractivity contribution >= 4 is 21.8 Å². The number of carbonyl (C=O) groups is 1. The Bertz CT molecular complexity index is 647. The Labute approximate surface area is 131 Å². The second kappa shape index (κ2) is 6.30. The van der Waals surface area contributed by atoms with E-state index in [4.69, 9.17) is 9.26 Å². The van der Waals surface area contributed by atoms with Crippen molar-refractivity contribution in [3.8, 4) is 5.75 Å². The average molecular weight is 353 g/mol.